The molecule has 2 aliphatic rings. The molecule has 1 aliphatic carbocycles. The number of aliphatic hydroxyl groups is 1. The minimum Gasteiger partial charge on any atom is -0.385 e. The molecule has 2 fully saturated rings. The number of rotatable bonds is 12. The molecule has 1 saturated carbocycles. The van der Waals surface area contributed by atoms with Crippen molar-refractivity contribution in [2.75, 3.05) is 26.8 Å². The third-order valence-corrected chi connectivity index (χ3v) is 8.26. The number of carbonyl (C=O) groups excluding carboxylic acids is 1. The van der Waals surface area contributed by atoms with Crippen molar-refractivity contribution < 1.29 is 14.6 Å². The Hall–Kier alpha value is -1.14. The molecule has 0 bridgehead atoms. The first kappa shape index (κ1) is 27.4. The molecular weight excluding hydrogens is 448 g/mol. The maximum absolute atomic E-state index is 13.1. The molecule has 3 N–H and O–H groups in total. The number of hydrogen-bond acceptors (Lipinski definition) is 4. The normalized spacial score (nSPS) is 22.4. The molecule has 5 nitrogen and oxygen atoms in total. The maximum atomic E-state index is 13.1. The van der Waals surface area contributed by atoms with Gasteiger partial charge in [-0.05, 0) is 68.6 Å². The van der Waals surface area contributed by atoms with Crippen molar-refractivity contribution in [3.8, 4) is 0 Å². The molecule has 34 heavy (non-hydrogen) atoms. The number of likely N-dealkylation sites (tertiary alicyclic amines) is 1. The highest BCUT2D eigenvalue weighted by Gasteiger charge is 2.41. The van der Waals surface area contributed by atoms with E-state index < -0.39 is 5.60 Å². The van der Waals surface area contributed by atoms with Crippen LogP contribution in [0.15, 0.2) is 24.3 Å². The first-order chi connectivity index (χ1) is 16.4. The first-order valence-corrected chi connectivity index (χ1v) is 13.8. The van der Waals surface area contributed by atoms with Crippen LogP contribution in [0.2, 0.25) is 5.02 Å². The molecule has 0 radical (unpaired) electrons. The SMILES string of the molecule is COCCCC[C@@](O)(c1cccc(Cl)c1)[C@@H]1CCCN(C(=O)CC[C@@H](N)CC2CCCCC2)C1. The predicted octanol–water partition coefficient (Wildman–Crippen LogP) is 5.66. The Morgan fingerprint density at radius 1 is 1.24 bits per heavy atom. The number of nitrogens with zero attached hydrogens (tertiary/aromatic N) is 1. The lowest BCUT2D eigenvalue weighted by Crippen LogP contribution is -2.48. The van der Waals surface area contributed by atoms with Gasteiger partial charge in [0.2, 0.25) is 5.91 Å². The second kappa shape index (κ2) is 13.8. The zero-order chi connectivity index (χ0) is 24.4. The highest BCUT2D eigenvalue weighted by Crippen LogP contribution is 2.40. The zero-order valence-corrected chi connectivity index (χ0v) is 21.8. The molecule has 6 heteroatoms. The minimum atomic E-state index is -1.00. The number of methoxy groups -OCH3 is 1. The van der Waals surface area contributed by atoms with Gasteiger partial charge in [-0.1, -0.05) is 55.8 Å². The molecule has 0 aromatic heterocycles. The number of ether oxygens (including phenoxy) is 1. The predicted molar refractivity (Wildman–Crippen MR) is 139 cm³/mol. The largest absolute Gasteiger partial charge is 0.385 e. The van der Waals surface area contributed by atoms with Crippen molar-refractivity contribution in [2.45, 2.75) is 95.1 Å². The van der Waals surface area contributed by atoms with Crippen molar-refractivity contribution >= 4 is 17.5 Å². The number of carbonyl (C=O) groups is 1. The zero-order valence-electron chi connectivity index (χ0n) is 21.0. The highest BCUT2D eigenvalue weighted by molar-refractivity contribution is 6.30. The van der Waals surface area contributed by atoms with E-state index in [4.69, 9.17) is 22.1 Å². The standard InChI is InChI=1S/C28H45ClN2O3/c1-34-18-6-5-16-28(33,23-11-7-13-25(29)20-23)24-12-8-17-31(21-24)27(32)15-14-26(30)19-22-9-3-2-4-10-22/h7,11,13,20,22,24,26,33H,2-6,8-10,12,14-19,21,30H2,1H3/t24-,26-,28-/m1/s1. The Bertz CT molecular complexity index is 755. The molecule has 1 heterocycles. The second-order valence-electron chi connectivity index (χ2n) is 10.6. The van der Waals surface area contributed by atoms with Gasteiger partial charge < -0.3 is 20.5 Å². The maximum Gasteiger partial charge on any atom is 0.222 e. The number of piperidine rings is 1. The minimum absolute atomic E-state index is 0.0119. The van der Waals surface area contributed by atoms with E-state index in [1.807, 2.05) is 29.2 Å². The van der Waals surface area contributed by atoms with Crippen molar-refractivity contribution in [1.82, 2.24) is 4.90 Å². The number of halogens is 1. The smallest absolute Gasteiger partial charge is 0.222 e. The molecule has 0 spiro atoms. The number of nitrogens with two attached hydrogens (primary N) is 1. The van der Waals surface area contributed by atoms with Crippen LogP contribution in [-0.2, 0) is 15.1 Å². The van der Waals surface area contributed by atoms with Gasteiger partial charge in [0, 0.05) is 50.2 Å². The van der Waals surface area contributed by atoms with E-state index in [9.17, 15) is 9.90 Å². The molecular formula is C28H45ClN2O3. The summed E-state index contributed by atoms with van der Waals surface area (Å²) in [5.74, 6) is 0.905. The van der Waals surface area contributed by atoms with E-state index in [0.717, 1.165) is 56.6 Å². The van der Waals surface area contributed by atoms with E-state index in [1.165, 1.54) is 32.1 Å². The Balaban J connectivity index is 1.59. The lowest BCUT2D eigenvalue weighted by molar-refractivity contribution is -0.137. The lowest BCUT2D eigenvalue weighted by Gasteiger charge is -2.43. The fraction of sp³-hybridized carbons (Fsp3) is 0.750. The fourth-order valence-electron chi connectivity index (χ4n) is 6.01. The summed E-state index contributed by atoms with van der Waals surface area (Å²) in [6.45, 7) is 2.04. The van der Waals surface area contributed by atoms with Crippen LogP contribution in [0.3, 0.4) is 0 Å². The molecule has 1 aromatic rings. The number of unbranched alkanes of at least 4 members (excludes halogenated alkanes) is 1. The van der Waals surface area contributed by atoms with E-state index in [0.29, 0.717) is 31.0 Å². The quantitative estimate of drug-likeness (QED) is 0.369. The third kappa shape index (κ3) is 7.94. The molecule has 1 amide bonds. The fourth-order valence-corrected chi connectivity index (χ4v) is 6.20. The average molecular weight is 493 g/mol. The van der Waals surface area contributed by atoms with Gasteiger partial charge in [0.15, 0.2) is 0 Å². The summed E-state index contributed by atoms with van der Waals surface area (Å²) in [4.78, 5) is 15.1. The summed E-state index contributed by atoms with van der Waals surface area (Å²) in [5, 5.41) is 12.6. The summed E-state index contributed by atoms with van der Waals surface area (Å²) in [5.41, 5.74) is 6.26. The summed E-state index contributed by atoms with van der Waals surface area (Å²) in [6.07, 6.45) is 13.1. The van der Waals surface area contributed by atoms with Crippen LogP contribution in [0.25, 0.3) is 0 Å². The molecule has 1 aliphatic heterocycles. The monoisotopic (exact) mass is 492 g/mol. The summed E-state index contributed by atoms with van der Waals surface area (Å²) in [6, 6.07) is 7.69. The van der Waals surface area contributed by atoms with Crippen LogP contribution in [0.1, 0.15) is 89.0 Å². The summed E-state index contributed by atoms with van der Waals surface area (Å²) >= 11 is 6.29. The van der Waals surface area contributed by atoms with Crippen molar-refractivity contribution in [1.29, 1.82) is 0 Å². The number of benzene rings is 1. The molecule has 1 aromatic carbocycles. The number of amides is 1. The van der Waals surface area contributed by atoms with Gasteiger partial charge in [0.25, 0.3) is 0 Å². The Morgan fingerprint density at radius 3 is 2.76 bits per heavy atom. The lowest BCUT2D eigenvalue weighted by atomic mass is 9.74. The Kier molecular flexibility index (Phi) is 11.2. The van der Waals surface area contributed by atoms with Crippen LogP contribution < -0.4 is 5.73 Å². The van der Waals surface area contributed by atoms with Gasteiger partial charge in [0.1, 0.15) is 0 Å². The second-order valence-corrected chi connectivity index (χ2v) is 11.0. The Morgan fingerprint density at radius 2 is 2.03 bits per heavy atom. The van der Waals surface area contributed by atoms with E-state index in [2.05, 4.69) is 0 Å². The average Bonchev–Trinajstić information content (AvgIpc) is 2.86. The van der Waals surface area contributed by atoms with Gasteiger partial charge >= 0.3 is 0 Å². The van der Waals surface area contributed by atoms with Gasteiger partial charge in [-0.2, -0.15) is 0 Å². The summed E-state index contributed by atoms with van der Waals surface area (Å²) < 4.78 is 5.20. The van der Waals surface area contributed by atoms with Crippen LogP contribution >= 0.6 is 11.6 Å². The topological polar surface area (TPSA) is 75.8 Å². The Labute approximate surface area is 211 Å². The van der Waals surface area contributed by atoms with E-state index in [1.54, 1.807) is 7.11 Å². The summed E-state index contributed by atoms with van der Waals surface area (Å²) in [7, 11) is 1.70. The van der Waals surface area contributed by atoms with Crippen LogP contribution in [0.4, 0.5) is 0 Å². The van der Waals surface area contributed by atoms with E-state index >= 15 is 0 Å². The van der Waals surface area contributed by atoms with Gasteiger partial charge in [0.05, 0.1) is 5.60 Å². The first-order valence-electron chi connectivity index (χ1n) is 13.4. The van der Waals surface area contributed by atoms with Crippen molar-refractivity contribution in [3.05, 3.63) is 34.9 Å². The van der Waals surface area contributed by atoms with Crippen LogP contribution in [0.5, 0.6) is 0 Å². The number of hydrogen-bond donors (Lipinski definition) is 2. The van der Waals surface area contributed by atoms with Crippen LogP contribution in [0, 0.1) is 11.8 Å². The molecule has 1 saturated heterocycles. The van der Waals surface area contributed by atoms with Crippen LogP contribution in [-0.4, -0.2) is 48.8 Å². The third-order valence-electron chi connectivity index (χ3n) is 8.02. The van der Waals surface area contributed by atoms with Gasteiger partial charge in [-0.15, -0.1) is 0 Å². The van der Waals surface area contributed by atoms with Gasteiger partial charge in [-0.25, -0.2) is 0 Å². The van der Waals surface area contributed by atoms with Crippen molar-refractivity contribution in [3.63, 3.8) is 0 Å². The molecule has 3 rings (SSSR count). The van der Waals surface area contributed by atoms with Crippen molar-refractivity contribution in [2.24, 2.45) is 17.6 Å². The highest BCUT2D eigenvalue weighted by atomic mass is 35.5. The molecule has 192 valence electrons. The van der Waals surface area contributed by atoms with E-state index in [-0.39, 0.29) is 17.9 Å². The molecule has 3 atom stereocenters. The molecule has 0 unspecified atom stereocenters. The van der Waals surface area contributed by atoms with Gasteiger partial charge in [-0.3, -0.25) is 4.79 Å².